The lowest BCUT2D eigenvalue weighted by Gasteiger charge is -2.10. The number of carbonyl (C=O) groups is 2. The van der Waals surface area contributed by atoms with E-state index in [-0.39, 0.29) is 11.1 Å². The minimum atomic E-state index is -0.596. The molecule has 0 aliphatic rings. The van der Waals surface area contributed by atoms with Gasteiger partial charge in [0.15, 0.2) is 0 Å². The number of ether oxygens (including phenoxy) is 2. The van der Waals surface area contributed by atoms with Crippen molar-refractivity contribution in [1.82, 2.24) is 4.98 Å². The average Bonchev–Trinajstić information content (AvgIpc) is 2.52. The van der Waals surface area contributed by atoms with E-state index in [1.54, 1.807) is 18.2 Å². The van der Waals surface area contributed by atoms with Gasteiger partial charge in [-0.2, -0.15) is 0 Å². The van der Waals surface area contributed by atoms with Crippen LogP contribution in [-0.4, -0.2) is 30.6 Å². The maximum absolute atomic E-state index is 12.2. The third-order valence-electron chi connectivity index (χ3n) is 3.21. The van der Waals surface area contributed by atoms with Crippen LogP contribution < -0.4 is 5.73 Å². The largest absolute Gasteiger partial charge is 0.465 e. The Labute approximate surface area is 128 Å². The number of carbonyl (C=O) groups excluding carboxylic acids is 2. The third kappa shape index (κ3) is 3.33. The van der Waals surface area contributed by atoms with Crippen molar-refractivity contribution in [3.8, 4) is 0 Å². The molecule has 0 amide bonds. The minimum Gasteiger partial charge on any atom is -0.465 e. The minimum absolute atomic E-state index is 0.133. The fraction of sp³-hybridized carbons (Fsp3) is 0.312. The number of rotatable bonds is 5. The molecule has 2 rings (SSSR count). The monoisotopic (exact) mass is 302 g/mol. The molecule has 0 saturated heterocycles. The quantitative estimate of drug-likeness (QED) is 0.674. The molecule has 0 aliphatic heterocycles. The molecule has 0 unspecified atom stereocenters. The molecular weight excluding hydrogens is 284 g/mol. The van der Waals surface area contributed by atoms with E-state index >= 15 is 0 Å². The number of methoxy groups -OCH3 is 1. The Balaban J connectivity index is 2.48. The van der Waals surface area contributed by atoms with Gasteiger partial charge in [0.1, 0.15) is 5.82 Å². The Kier molecular flexibility index (Phi) is 4.93. The van der Waals surface area contributed by atoms with Crippen LogP contribution in [0.25, 0.3) is 10.9 Å². The van der Waals surface area contributed by atoms with Gasteiger partial charge in [0.05, 0.1) is 30.4 Å². The Morgan fingerprint density at radius 1 is 1.18 bits per heavy atom. The summed E-state index contributed by atoms with van der Waals surface area (Å²) < 4.78 is 9.91. The molecule has 22 heavy (non-hydrogen) atoms. The van der Waals surface area contributed by atoms with Crippen LogP contribution in [0.5, 0.6) is 0 Å². The predicted octanol–water partition coefficient (Wildman–Crippen LogP) is 2.56. The van der Waals surface area contributed by atoms with E-state index in [0.29, 0.717) is 23.3 Å². The number of esters is 2. The van der Waals surface area contributed by atoms with Crippen LogP contribution in [-0.2, 0) is 9.47 Å². The summed E-state index contributed by atoms with van der Waals surface area (Å²) in [7, 11) is 1.26. The van der Waals surface area contributed by atoms with E-state index in [1.807, 2.05) is 6.92 Å². The molecule has 116 valence electrons. The van der Waals surface area contributed by atoms with Gasteiger partial charge in [-0.3, -0.25) is 0 Å². The van der Waals surface area contributed by atoms with Crippen molar-refractivity contribution < 1.29 is 19.1 Å². The molecule has 1 heterocycles. The Bertz CT molecular complexity index is 713. The summed E-state index contributed by atoms with van der Waals surface area (Å²) in [6.07, 6.45) is 1.67. The highest BCUT2D eigenvalue weighted by atomic mass is 16.5. The molecule has 2 aromatic rings. The van der Waals surface area contributed by atoms with E-state index in [1.165, 1.54) is 13.2 Å². The maximum Gasteiger partial charge on any atom is 0.339 e. The molecule has 0 spiro atoms. The normalized spacial score (nSPS) is 10.5. The Morgan fingerprint density at radius 3 is 2.59 bits per heavy atom. The van der Waals surface area contributed by atoms with E-state index in [9.17, 15) is 9.59 Å². The number of hydrogen-bond acceptors (Lipinski definition) is 6. The lowest BCUT2D eigenvalue weighted by Crippen LogP contribution is -2.14. The number of unbranched alkanes of at least 4 members (excludes halogenated alkanes) is 1. The zero-order chi connectivity index (χ0) is 16.1. The number of nitrogens with zero attached hydrogens (tertiary/aromatic N) is 1. The Morgan fingerprint density at radius 2 is 1.91 bits per heavy atom. The second kappa shape index (κ2) is 6.89. The van der Waals surface area contributed by atoms with Gasteiger partial charge >= 0.3 is 11.9 Å². The lowest BCUT2D eigenvalue weighted by atomic mass is 10.0. The van der Waals surface area contributed by atoms with Crippen molar-refractivity contribution in [2.75, 3.05) is 19.5 Å². The summed E-state index contributed by atoms with van der Waals surface area (Å²) in [4.78, 5) is 28.3. The molecule has 0 bridgehead atoms. The van der Waals surface area contributed by atoms with Crippen molar-refractivity contribution in [3.63, 3.8) is 0 Å². The van der Waals surface area contributed by atoms with E-state index in [4.69, 9.17) is 15.2 Å². The van der Waals surface area contributed by atoms with E-state index < -0.39 is 11.9 Å². The van der Waals surface area contributed by atoms with Crippen LogP contribution >= 0.6 is 0 Å². The number of benzene rings is 1. The molecule has 0 saturated carbocycles. The summed E-state index contributed by atoms with van der Waals surface area (Å²) in [5.74, 6) is -0.829. The molecule has 6 heteroatoms. The van der Waals surface area contributed by atoms with Gasteiger partial charge in [-0.15, -0.1) is 0 Å². The van der Waals surface area contributed by atoms with E-state index in [2.05, 4.69) is 4.98 Å². The predicted molar refractivity (Wildman–Crippen MR) is 82.7 cm³/mol. The van der Waals surface area contributed by atoms with Gasteiger partial charge in [-0.05, 0) is 30.7 Å². The van der Waals surface area contributed by atoms with E-state index in [0.717, 1.165) is 12.8 Å². The van der Waals surface area contributed by atoms with Crippen LogP contribution in [0.3, 0.4) is 0 Å². The van der Waals surface area contributed by atoms with Gasteiger partial charge in [-0.1, -0.05) is 13.3 Å². The highest BCUT2D eigenvalue weighted by Crippen LogP contribution is 2.21. The third-order valence-corrected chi connectivity index (χ3v) is 3.21. The second-order valence-electron chi connectivity index (χ2n) is 4.81. The van der Waals surface area contributed by atoms with Gasteiger partial charge in [0.2, 0.25) is 0 Å². The zero-order valence-electron chi connectivity index (χ0n) is 12.6. The molecule has 6 nitrogen and oxygen atoms in total. The summed E-state index contributed by atoms with van der Waals surface area (Å²) in [5.41, 5.74) is 6.47. The van der Waals surface area contributed by atoms with Crippen molar-refractivity contribution in [2.24, 2.45) is 0 Å². The molecule has 0 atom stereocenters. The van der Waals surface area contributed by atoms with Crippen LogP contribution in [0.1, 0.15) is 40.5 Å². The van der Waals surface area contributed by atoms with Gasteiger partial charge in [0, 0.05) is 5.39 Å². The van der Waals surface area contributed by atoms with Crippen LogP contribution in [0.15, 0.2) is 24.3 Å². The highest BCUT2D eigenvalue weighted by Gasteiger charge is 2.20. The summed E-state index contributed by atoms with van der Waals surface area (Å²) in [6.45, 7) is 2.30. The second-order valence-corrected chi connectivity index (χ2v) is 4.81. The van der Waals surface area contributed by atoms with Crippen LogP contribution in [0.4, 0.5) is 5.82 Å². The fourth-order valence-corrected chi connectivity index (χ4v) is 2.02. The molecule has 2 N–H and O–H groups in total. The smallest absolute Gasteiger partial charge is 0.339 e. The Hall–Kier alpha value is -2.63. The molecule has 0 aliphatic carbocycles. The summed E-state index contributed by atoms with van der Waals surface area (Å²) in [6, 6.07) is 6.43. The van der Waals surface area contributed by atoms with Crippen LogP contribution in [0.2, 0.25) is 0 Å². The number of fused-ring (bicyclic) bond motifs is 1. The number of nitrogens with two attached hydrogens (primary N) is 1. The molecule has 1 aromatic carbocycles. The van der Waals surface area contributed by atoms with Gasteiger partial charge in [-0.25, -0.2) is 14.6 Å². The number of hydrogen-bond donors (Lipinski definition) is 1. The fourth-order valence-electron chi connectivity index (χ4n) is 2.02. The zero-order valence-corrected chi connectivity index (χ0v) is 12.6. The van der Waals surface area contributed by atoms with Crippen molar-refractivity contribution in [2.45, 2.75) is 19.8 Å². The van der Waals surface area contributed by atoms with Crippen molar-refractivity contribution >= 4 is 28.7 Å². The average molecular weight is 302 g/mol. The van der Waals surface area contributed by atoms with Crippen molar-refractivity contribution in [3.05, 3.63) is 35.4 Å². The summed E-state index contributed by atoms with van der Waals surface area (Å²) in [5, 5.41) is 0.694. The molecule has 1 aromatic heterocycles. The van der Waals surface area contributed by atoms with Gasteiger partial charge in [0.25, 0.3) is 0 Å². The first-order valence-corrected chi connectivity index (χ1v) is 7.02. The maximum atomic E-state index is 12.2. The number of nitrogen functional groups attached to an aromatic ring is 1. The van der Waals surface area contributed by atoms with Crippen molar-refractivity contribution in [1.29, 1.82) is 0 Å². The first kappa shape index (κ1) is 15.8. The topological polar surface area (TPSA) is 91.5 Å². The SMILES string of the molecule is CCCCOC(=O)c1cc2nc(N)ccc2cc1C(=O)OC. The highest BCUT2D eigenvalue weighted by molar-refractivity contribution is 6.06. The summed E-state index contributed by atoms with van der Waals surface area (Å²) >= 11 is 0. The van der Waals surface area contributed by atoms with Crippen LogP contribution in [0, 0.1) is 0 Å². The number of aromatic nitrogens is 1. The first-order valence-electron chi connectivity index (χ1n) is 7.02. The molecule has 0 radical (unpaired) electrons. The first-order chi connectivity index (χ1) is 10.6. The molecule has 0 fully saturated rings. The lowest BCUT2D eigenvalue weighted by molar-refractivity contribution is 0.0482. The standard InChI is InChI=1S/C16H18N2O4/c1-3-4-7-22-16(20)12-9-13-10(5-6-14(17)18-13)8-11(12)15(19)21-2/h5-6,8-9H,3-4,7H2,1-2H3,(H2,17,18). The molecular formula is C16H18N2O4. The number of anilines is 1. The van der Waals surface area contributed by atoms with Gasteiger partial charge < -0.3 is 15.2 Å². The number of pyridine rings is 1.